The number of carbonyl (C=O) groups excluding carboxylic acids is 1. The molecule has 0 unspecified atom stereocenters. The molecule has 0 bridgehead atoms. The van der Waals surface area contributed by atoms with Crippen LogP contribution in [0.4, 0.5) is 0 Å². The zero-order valence-electron chi connectivity index (χ0n) is 10.8. The van der Waals surface area contributed by atoms with E-state index in [0.717, 1.165) is 17.8 Å². The average Bonchev–Trinajstić information content (AvgIpc) is 2.95. The lowest BCUT2D eigenvalue weighted by molar-refractivity contribution is 0.0726. The minimum Gasteiger partial charge on any atom is -0.329 e. The van der Waals surface area contributed by atoms with Gasteiger partial charge in [-0.3, -0.25) is 4.79 Å². The predicted octanol–water partition coefficient (Wildman–Crippen LogP) is 2.89. The molecule has 1 fully saturated rings. The summed E-state index contributed by atoms with van der Waals surface area (Å²) >= 11 is 3.14. The van der Waals surface area contributed by atoms with Crippen molar-refractivity contribution in [3.63, 3.8) is 0 Å². The van der Waals surface area contributed by atoms with Crippen LogP contribution in [0.2, 0.25) is 0 Å². The third kappa shape index (κ3) is 3.38. The minimum absolute atomic E-state index is 0. The number of nitrogens with two attached hydrogens (primary N) is 1. The van der Waals surface area contributed by atoms with Crippen LogP contribution < -0.4 is 5.73 Å². The van der Waals surface area contributed by atoms with E-state index in [-0.39, 0.29) is 18.3 Å². The molecule has 0 aliphatic heterocycles. The molecule has 20 heavy (non-hydrogen) atoms. The fourth-order valence-corrected chi connectivity index (χ4v) is 3.32. The second-order valence-corrected chi connectivity index (χ2v) is 6.55. The van der Waals surface area contributed by atoms with Gasteiger partial charge >= 0.3 is 0 Å². The van der Waals surface area contributed by atoms with E-state index in [1.807, 2.05) is 21.7 Å². The molecular weight excluding hydrogens is 314 g/mol. The van der Waals surface area contributed by atoms with Gasteiger partial charge in [0.25, 0.3) is 5.91 Å². The van der Waals surface area contributed by atoms with Gasteiger partial charge < -0.3 is 10.6 Å². The predicted molar refractivity (Wildman–Crippen MR) is 84.5 cm³/mol. The van der Waals surface area contributed by atoms with E-state index in [4.69, 9.17) is 5.73 Å². The summed E-state index contributed by atoms with van der Waals surface area (Å²) in [5.41, 5.74) is 6.08. The molecule has 3 rings (SSSR count). The third-order valence-electron chi connectivity index (χ3n) is 3.10. The van der Waals surface area contributed by atoms with Crippen molar-refractivity contribution in [1.82, 2.24) is 9.88 Å². The number of rotatable bonds is 5. The standard InChI is InChI=1S/C13H15N3OS2.ClH/c14-6-12-15-11(8-19-12)13(17)16(9-3-4-9)7-10-2-1-5-18-10;/h1-2,5,8-9H,3-4,6-7,14H2;1H. The van der Waals surface area contributed by atoms with Crippen LogP contribution in [0.3, 0.4) is 0 Å². The van der Waals surface area contributed by atoms with E-state index >= 15 is 0 Å². The van der Waals surface area contributed by atoms with Gasteiger partial charge in [-0.15, -0.1) is 35.1 Å². The molecule has 2 heterocycles. The van der Waals surface area contributed by atoms with Gasteiger partial charge in [0, 0.05) is 22.8 Å². The number of thiazole rings is 1. The molecule has 4 nitrogen and oxygen atoms in total. The van der Waals surface area contributed by atoms with Crippen LogP contribution in [0.1, 0.15) is 33.2 Å². The maximum absolute atomic E-state index is 12.5. The van der Waals surface area contributed by atoms with Gasteiger partial charge in [0.2, 0.25) is 0 Å². The number of halogens is 1. The number of nitrogens with zero attached hydrogens (tertiary/aromatic N) is 2. The summed E-state index contributed by atoms with van der Waals surface area (Å²) in [7, 11) is 0. The van der Waals surface area contributed by atoms with Crippen molar-refractivity contribution in [3.05, 3.63) is 38.5 Å². The summed E-state index contributed by atoms with van der Waals surface area (Å²) in [6.45, 7) is 1.09. The highest BCUT2D eigenvalue weighted by atomic mass is 35.5. The molecule has 108 valence electrons. The SMILES string of the molecule is Cl.NCc1nc(C(=O)N(Cc2cccs2)C2CC2)cs1. The maximum atomic E-state index is 12.5. The Morgan fingerprint density at radius 1 is 1.45 bits per heavy atom. The highest BCUT2D eigenvalue weighted by Crippen LogP contribution is 2.30. The zero-order valence-corrected chi connectivity index (χ0v) is 13.3. The summed E-state index contributed by atoms with van der Waals surface area (Å²) in [5, 5.41) is 4.67. The smallest absolute Gasteiger partial charge is 0.273 e. The van der Waals surface area contributed by atoms with Gasteiger partial charge in [-0.05, 0) is 24.3 Å². The summed E-state index contributed by atoms with van der Waals surface area (Å²) in [6, 6.07) is 4.47. The molecule has 0 saturated heterocycles. The van der Waals surface area contributed by atoms with E-state index in [1.54, 1.807) is 11.3 Å². The van der Waals surface area contributed by atoms with E-state index < -0.39 is 0 Å². The Morgan fingerprint density at radius 3 is 2.80 bits per heavy atom. The summed E-state index contributed by atoms with van der Waals surface area (Å²) < 4.78 is 0. The van der Waals surface area contributed by atoms with E-state index in [2.05, 4.69) is 11.1 Å². The first-order chi connectivity index (χ1) is 9.28. The van der Waals surface area contributed by atoms with Gasteiger partial charge in [-0.1, -0.05) is 6.07 Å². The first-order valence-corrected chi connectivity index (χ1v) is 8.01. The molecular formula is C13H16ClN3OS2. The van der Waals surface area contributed by atoms with Crippen LogP contribution in [0.15, 0.2) is 22.9 Å². The number of thiophene rings is 1. The van der Waals surface area contributed by atoms with Crippen molar-refractivity contribution in [1.29, 1.82) is 0 Å². The number of hydrogen-bond donors (Lipinski definition) is 1. The molecule has 2 N–H and O–H groups in total. The van der Waals surface area contributed by atoms with Gasteiger partial charge in [-0.25, -0.2) is 4.98 Å². The lowest BCUT2D eigenvalue weighted by Gasteiger charge is -2.20. The molecule has 2 aromatic heterocycles. The fourth-order valence-electron chi connectivity index (χ4n) is 1.97. The molecule has 0 atom stereocenters. The van der Waals surface area contributed by atoms with Crippen LogP contribution >= 0.6 is 35.1 Å². The Morgan fingerprint density at radius 2 is 2.25 bits per heavy atom. The maximum Gasteiger partial charge on any atom is 0.273 e. The fraction of sp³-hybridized carbons (Fsp3) is 0.385. The Hall–Kier alpha value is -0.950. The van der Waals surface area contributed by atoms with Crippen LogP contribution in [0.5, 0.6) is 0 Å². The molecule has 1 saturated carbocycles. The van der Waals surface area contributed by atoms with E-state index in [0.29, 0.717) is 24.8 Å². The van der Waals surface area contributed by atoms with Crippen molar-refractivity contribution < 1.29 is 4.79 Å². The average molecular weight is 330 g/mol. The molecule has 0 radical (unpaired) electrons. The molecule has 0 spiro atoms. The normalized spacial score (nSPS) is 13.8. The molecule has 7 heteroatoms. The number of carbonyl (C=O) groups is 1. The van der Waals surface area contributed by atoms with Gasteiger partial charge in [0.15, 0.2) is 0 Å². The second kappa shape index (κ2) is 6.67. The van der Waals surface area contributed by atoms with Crippen molar-refractivity contribution in [2.75, 3.05) is 0 Å². The quantitative estimate of drug-likeness (QED) is 0.917. The zero-order chi connectivity index (χ0) is 13.2. The minimum atomic E-state index is 0. The second-order valence-electron chi connectivity index (χ2n) is 4.57. The van der Waals surface area contributed by atoms with Crippen molar-refractivity contribution in [3.8, 4) is 0 Å². The Bertz CT molecular complexity index is 566. The highest BCUT2D eigenvalue weighted by Gasteiger charge is 2.34. The number of hydrogen-bond acceptors (Lipinski definition) is 5. The summed E-state index contributed by atoms with van der Waals surface area (Å²) in [5.74, 6) is 0.0341. The van der Waals surface area contributed by atoms with Crippen molar-refractivity contribution >= 4 is 41.0 Å². The highest BCUT2D eigenvalue weighted by molar-refractivity contribution is 7.10. The lowest BCUT2D eigenvalue weighted by atomic mass is 10.3. The topological polar surface area (TPSA) is 59.2 Å². The van der Waals surface area contributed by atoms with Gasteiger partial charge in [0.1, 0.15) is 10.7 Å². The molecule has 0 aromatic carbocycles. The third-order valence-corrected chi connectivity index (χ3v) is 4.83. The van der Waals surface area contributed by atoms with Crippen LogP contribution in [-0.4, -0.2) is 21.8 Å². The largest absolute Gasteiger partial charge is 0.329 e. The van der Waals surface area contributed by atoms with E-state index in [1.165, 1.54) is 16.2 Å². The first-order valence-electron chi connectivity index (χ1n) is 6.25. The summed E-state index contributed by atoms with van der Waals surface area (Å²) in [4.78, 5) is 20.0. The van der Waals surface area contributed by atoms with Crippen LogP contribution in [0.25, 0.3) is 0 Å². The van der Waals surface area contributed by atoms with Crippen molar-refractivity contribution in [2.45, 2.75) is 32.0 Å². The summed E-state index contributed by atoms with van der Waals surface area (Å²) in [6.07, 6.45) is 2.20. The van der Waals surface area contributed by atoms with Crippen molar-refractivity contribution in [2.24, 2.45) is 5.73 Å². The Labute approximate surface area is 132 Å². The number of aromatic nitrogens is 1. The van der Waals surface area contributed by atoms with Crippen LogP contribution in [0, 0.1) is 0 Å². The van der Waals surface area contributed by atoms with Crippen LogP contribution in [-0.2, 0) is 13.1 Å². The molecule has 2 aromatic rings. The first kappa shape index (κ1) is 15.4. The van der Waals surface area contributed by atoms with E-state index in [9.17, 15) is 4.79 Å². The van der Waals surface area contributed by atoms with Gasteiger partial charge in [-0.2, -0.15) is 0 Å². The Kier molecular flexibility index (Phi) is 5.15. The monoisotopic (exact) mass is 329 g/mol. The van der Waals surface area contributed by atoms with Gasteiger partial charge in [0.05, 0.1) is 6.54 Å². The number of amides is 1. The Balaban J connectivity index is 0.00000147. The molecule has 1 aliphatic carbocycles. The lowest BCUT2D eigenvalue weighted by Crippen LogP contribution is -2.32. The molecule has 1 aliphatic rings. The molecule has 1 amide bonds.